The number of sulfonamides is 1. The third kappa shape index (κ3) is 4.24. The summed E-state index contributed by atoms with van der Waals surface area (Å²) in [6.45, 7) is 1.77. The molecule has 180 valence electrons. The van der Waals surface area contributed by atoms with Crippen molar-refractivity contribution in [3.05, 3.63) is 96.1 Å². The first-order valence-electron chi connectivity index (χ1n) is 10.9. The van der Waals surface area contributed by atoms with E-state index in [4.69, 9.17) is 0 Å². The van der Waals surface area contributed by atoms with Gasteiger partial charge in [-0.05, 0) is 48.4 Å². The van der Waals surface area contributed by atoms with Crippen molar-refractivity contribution < 1.29 is 22.8 Å². The van der Waals surface area contributed by atoms with Crippen LogP contribution in [-0.4, -0.2) is 38.3 Å². The van der Waals surface area contributed by atoms with Gasteiger partial charge in [-0.3, -0.25) is 19.3 Å². The van der Waals surface area contributed by atoms with E-state index in [1.165, 1.54) is 31.3 Å². The van der Waals surface area contributed by atoms with Crippen molar-refractivity contribution in [2.75, 3.05) is 11.4 Å². The molecule has 1 heterocycles. The minimum absolute atomic E-state index is 0.00975. The minimum Gasteiger partial charge on any atom is -0.318 e. The van der Waals surface area contributed by atoms with Crippen LogP contribution in [-0.2, 0) is 20.4 Å². The highest BCUT2D eigenvalue weighted by atomic mass is 32.2. The molecule has 1 aliphatic rings. The summed E-state index contributed by atoms with van der Waals surface area (Å²) in [4.78, 5) is 38.6. The molecule has 1 aliphatic heterocycles. The Kier molecular flexibility index (Phi) is 6.31. The lowest BCUT2D eigenvalue weighted by atomic mass is 9.87. The molecule has 3 aromatic rings. The van der Waals surface area contributed by atoms with E-state index < -0.39 is 33.4 Å². The number of carbonyl (C=O) groups is 3. The summed E-state index contributed by atoms with van der Waals surface area (Å²) in [6, 6.07) is 21.9. The third-order valence-electron chi connectivity index (χ3n) is 6.00. The smallest absolute Gasteiger partial charge is 0.318 e. The van der Waals surface area contributed by atoms with Crippen LogP contribution in [0.5, 0.6) is 0 Å². The number of carbonyl (C=O) groups excluding carboxylic acids is 3. The maximum Gasteiger partial charge on any atom is 0.344 e. The van der Waals surface area contributed by atoms with Crippen LogP contribution in [0, 0.1) is 0 Å². The first-order valence-corrected chi connectivity index (χ1v) is 12.3. The molecule has 0 radical (unpaired) electrons. The Morgan fingerprint density at radius 2 is 1.51 bits per heavy atom. The second-order valence-electron chi connectivity index (χ2n) is 7.97. The zero-order chi connectivity index (χ0) is 25.2. The molecule has 4 amide bonds. The fraction of sp³-hybridized carbons (Fsp3) is 0.160. The number of hydrazine groups is 1. The predicted molar refractivity (Wildman–Crippen MR) is 130 cm³/mol. The fourth-order valence-electron chi connectivity index (χ4n) is 3.92. The molecular weight excluding hydrogens is 468 g/mol. The lowest BCUT2D eigenvalue weighted by molar-refractivity contribution is -0.133. The van der Waals surface area contributed by atoms with Gasteiger partial charge in [-0.1, -0.05) is 55.5 Å². The van der Waals surface area contributed by atoms with E-state index in [2.05, 4.69) is 10.7 Å². The molecule has 1 fully saturated rings. The number of amides is 4. The molecule has 1 atom stereocenters. The van der Waals surface area contributed by atoms with E-state index >= 15 is 0 Å². The van der Waals surface area contributed by atoms with Gasteiger partial charge in [0.1, 0.15) is 5.54 Å². The van der Waals surface area contributed by atoms with Gasteiger partial charge in [-0.25, -0.2) is 13.2 Å². The van der Waals surface area contributed by atoms with Gasteiger partial charge < -0.3 is 5.32 Å². The first kappa shape index (κ1) is 24.0. The molecule has 0 saturated carbocycles. The molecule has 2 N–H and O–H groups in total. The molecule has 0 unspecified atom stereocenters. The topological polar surface area (TPSA) is 116 Å². The molecular formula is C25H24N4O5S. The number of anilines is 1. The molecule has 10 heteroatoms. The van der Waals surface area contributed by atoms with E-state index in [0.29, 0.717) is 16.3 Å². The summed E-state index contributed by atoms with van der Waals surface area (Å²) in [5.74, 6) is -1.33. The summed E-state index contributed by atoms with van der Waals surface area (Å²) in [7, 11) is -2.41. The number of rotatable bonds is 7. The SMILES string of the molecule is CC[C@@]1(c2ccccc2)NC(=O)N(NC(=O)c2ccc(S(=O)(=O)N(C)c3ccccc3)cc2)C1=O. The Morgan fingerprint density at radius 1 is 0.943 bits per heavy atom. The molecule has 0 aromatic heterocycles. The second-order valence-corrected chi connectivity index (χ2v) is 9.94. The van der Waals surface area contributed by atoms with Gasteiger partial charge in [0.15, 0.2) is 0 Å². The molecule has 0 aliphatic carbocycles. The highest BCUT2D eigenvalue weighted by Gasteiger charge is 2.52. The van der Waals surface area contributed by atoms with Gasteiger partial charge in [-0.15, -0.1) is 0 Å². The quantitative estimate of drug-likeness (QED) is 0.492. The van der Waals surface area contributed by atoms with Crippen molar-refractivity contribution in [3.63, 3.8) is 0 Å². The Morgan fingerprint density at radius 3 is 2.09 bits per heavy atom. The first-order chi connectivity index (χ1) is 16.7. The van der Waals surface area contributed by atoms with E-state index in [-0.39, 0.29) is 16.9 Å². The van der Waals surface area contributed by atoms with Gasteiger partial charge in [0.25, 0.3) is 21.8 Å². The van der Waals surface area contributed by atoms with Crippen LogP contribution < -0.4 is 15.0 Å². The minimum atomic E-state index is -3.85. The molecule has 4 rings (SSSR count). The van der Waals surface area contributed by atoms with Gasteiger partial charge in [0, 0.05) is 12.6 Å². The van der Waals surface area contributed by atoms with Crippen LogP contribution in [0.2, 0.25) is 0 Å². The van der Waals surface area contributed by atoms with Crippen molar-refractivity contribution in [2.24, 2.45) is 0 Å². The van der Waals surface area contributed by atoms with Gasteiger partial charge >= 0.3 is 6.03 Å². The number of nitrogens with zero attached hydrogens (tertiary/aromatic N) is 2. The maximum absolute atomic E-state index is 13.2. The highest BCUT2D eigenvalue weighted by molar-refractivity contribution is 7.92. The number of imide groups is 1. The number of urea groups is 1. The van der Waals surface area contributed by atoms with E-state index in [1.807, 2.05) is 0 Å². The fourth-order valence-corrected chi connectivity index (χ4v) is 5.11. The van der Waals surface area contributed by atoms with Gasteiger partial charge in [0.2, 0.25) is 0 Å². The van der Waals surface area contributed by atoms with Crippen molar-refractivity contribution in [1.29, 1.82) is 0 Å². The van der Waals surface area contributed by atoms with Crippen LogP contribution in [0.25, 0.3) is 0 Å². The molecule has 0 bridgehead atoms. The predicted octanol–water partition coefficient (Wildman–Crippen LogP) is 3.01. The molecule has 35 heavy (non-hydrogen) atoms. The normalized spacial score (nSPS) is 17.7. The largest absolute Gasteiger partial charge is 0.344 e. The average Bonchev–Trinajstić information content (AvgIpc) is 3.14. The Hall–Kier alpha value is -4.18. The Balaban J connectivity index is 1.52. The van der Waals surface area contributed by atoms with Crippen molar-refractivity contribution in [2.45, 2.75) is 23.8 Å². The summed E-state index contributed by atoms with van der Waals surface area (Å²) >= 11 is 0. The molecule has 9 nitrogen and oxygen atoms in total. The summed E-state index contributed by atoms with van der Waals surface area (Å²) in [5, 5.41) is 3.34. The van der Waals surface area contributed by atoms with Crippen LogP contribution >= 0.6 is 0 Å². The number of hydrogen-bond acceptors (Lipinski definition) is 5. The monoisotopic (exact) mass is 492 g/mol. The van der Waals surface area contributed by atoms with Crippen LogP contribution in [0.1, 0.15) is 29.3 Å². The van der Waals surface area contributed by atoms with E-state index in [1.54, 1.807) is 67.6 Å². The number of para-hydroxylation sites is 1. The van der Waals surface area contributed by atoms with Crippen molar-refractivity contribution in [1.82, 2.24) is 15.8 Å². The number of nitrogens with one attached hydrogen (secondary N) is 2. The van der Waals surface area contributed by atoms with Gasteiger partial charge in [-0.2, -0.15) is 5.01 Å². The molecule has 3 aromatic carbocycles. The zero-order valence-corrected chi connectivity index (χ0v) is 20.0. The summed E-state index contributed by atoms with van der Waals surface area (Å²) < 4.78 is 27.0. The van der Waals surface area contributed by atoms with Gasteiger partial charge in [0.05, 0.1) is 10.6 Å². The number of benzene rings is 3. The molecule has 0 spiro atoms. The lowest BCUT2D eigenvalue weighted by Gasteiger charge is -2.25. The van der Waals surface area contributed by atoms with Crippen LogP contribution in [0.3, 0.4) is 0 Å². The maximum atomic E-state index is 13.2. The Bertz CT molecular complexity index is 1360. The highest BCUT2D eigenvalue weighted by Crippen LogP contribution is 2.31. The Labute approximate surface area is 203 Å². The van der Waals surface area contributed by atoms with Crippen molar-refractivity contribution >= 4 is 33.6 Å². The summed E-state index contributed by atoms with van der Waals surface area (Å²) in [5.41, 5.74) is 2.23. The van der Waals surface area contributed by atoms with Crippen LogP contribution in [0.4, 0.5) is 10.5 Å². The number of hydrogen-bond donors (Lipinski definition) is 2. The summed E-state index contributed by atoms with van der Waals surface area (Å²) in [6.07, 6.45) is 0.287. The van der Waals surface area contributed by atoms with E-state index in [9.17, 15) is 22.8 Å². The van der Waals surface area contributed by atoms with E-state index in [0.717, 1.165) is 4.31 Å². The zero-order valence-electron chi connectivity index (χ0n) is 19.1. The average molecular weight is 493 g/mol. The molecule has 1 saturated heterocycles. The lowest BCUT2D eigenvalue weighted by Crippen LogP contribution is -2.48. The second kappa shape index (κ2) is 9.22. The van der Waals surface area contributed by atoms with Crippen LogP contribution in [0.15, 0.2) is 89.8 Å². The standard InChI is InChI=1S/C25H24N4O5S/c1-3-25(19-10-6-4-7-11-19)23(31)29(24(32)26-25)27-22(30)18-14-16-21(17-15-18)35(33,34)28(2)20-12-8-5-9-13-20/h4-17H,3H2,1-2H3,(H,26,32)(H,27,30)/t25-/m0/s1. The van der Waals surface area contributed by atoms with Crippen molar-refractivity contribution in [3.8, 4) is 0 Å². The third-order valence-corrected chi connectivity index (χ3v) is 7.80.